The normalized spacial score (nSPS) is 11.4. The van der Waals surface area contributed by atoms with E-state index in [0.717, 1.165) is 5.56 Å². The number of aromatic nitrogens is 2. The highest BCUT2D eigenvalue weighted by Crippen LogP contribution is 2.21. The fourth-order valence-corrected chi connectivity index (χ4v) is 2.65. The summed E-state index contributed by atoms with van der Waals surface area (Å²) in [6, 6.07) is 12.4. The maximum Gasteiger partial charge on any atom is 0.258 e. The van der Waals surface area contributed by atoms with Crippen LogP contribution in [0.2, 0.25) is 0 Å². The van der Waals surface area contributed by atoms with E-state index in [4.69, 9.17) is 0 Å². The van der Waals surface area contributed by atoms with Crippen LogP contribution < -0.4 is 5.56 Å². The molecule has 0 aliphatic heterocycles. The van der Waals surface area contributed by atoms with Gasteiger partial charge in [-0.15, -0.1) is 0 Å². The van der Waals surface area contributed by atoms with Gasteiger partial charge in [-0.05, 0) is 35.9 Å². The maximum absolute atomic E-state index is 12.1. The van der Waals surface area contributed by atoms with Crippen LogP contribution in [0.1, 0.15) is 17.0 Å². The first-order valence-corrected chi connectivity index (χ1v) is 7.73. The van der Waals surface area contributed by atoms with Gasteiger partial charge in [-0.2, -0.15) is 0 Å². The lowest BCUT2D eigenvalue weighted by Gasteiger charge is -2.08. The Labute approximate surface area is 144 Å². The number of phenols is 1. The summed E-state index contributed by atoms with van der Waals surface area (Å²) in [5, 5.41) is 10.8. The second-order valence-electron chi connectivity index (χ2n) is 5.46. The highest BCUT2D eigenvalue weighted by Gasteiger charge is 2.09. The summed E-state index contributed by atoms with van der Waals surface area (Å²) in [4.78, 5) is 23.5. The second kappa shape index (κ2) is 6.97. The van der Waals surface area contributed by atoms with Gasteiger partial charge in [0.15, 0.2) is 0 Å². The first-order valence-electron chi connectivity index (χ1n) is 7.73. The Morgan fingerprint density at radius 1 is 1.24 bits per heavy atom. The van der Waals surface area contributed by atoms with Crippen LogP contribution in [0.3, 0.4) is 0 Å². The van der Waals surface area contributed by atoms with Gasteiger partial charge < -0.3 is 10.1 Å². The average molecular weight is 331 g/mol. The molecule has 0 atom stereocenters. The molecule has 0 spiro atoms. The summed E-state index contributed by atoms with van der Waals surface area (Å²) >= 11 is 0. The number of allylic oxidation sites excluding steroid dienone is 1. The molecule has 0 aliphatic rings. The minimum absolute atomic E-state index is 0.0844. The van der Waals surface area contributed by atoms with Crippen molar-refractivity contribution in [1.29, 1.82) is 0 Å². The largest absolute Gasteiger partial charge is 0.507 e. The van der Waals surface area contributed by atoms with Crippen LogP contribution >= 0.6 is 0 Å². The zero-order valence-electron chi connectivity index (χ0n) is 13.6. The van der Waals surface area contributed by atoms with E-state index in [2.05, 4.69) is 28.1 Å². The third-order valence-corrected chi connectivity index (χ3v) is 3.80. The van der Waals surface area contributed by atoms with Crippen molar-refractivity contribution in [3.8, 4) is 5.75 Å². The number of fused-ring (bicyclic) bond motifs is 1. The Hall–Kier alpha value is -3.47. The van der Waals surface area contributed by atoms with Crippen LogP contribution in [0, 0.1) is 0 Å². The van der Waals surface area contributed by atoms with E-state index in [1.54, 1.807) is 36.4 Å². The molecule has 1 heterocycles. The Bertz CT molecular complexity index is 1050. The lowest BCUT2D eigenvalue weighted by molar-refractivity contribution is 0.473. The van der Waals surface area contributed by atoms with E-state index in [1.807, 2.05) is 12.1 Å². The lowest BCUT2D eigenvalue weighted by Crippen LogP contribution is -2.12. The molecule has 124 valence electrons. The van der Waals surface area contributed by atoms with Gasteiger partial charge in [0, 0.05) is 18.2 Å². The highest BCUT2D eigenvalue weighted by molar-refractivity contribution is 6.10. The van der Waals surface area contributed by atoms with Gasteiger partial charge in [-0.3, -0.25) is 9.79 Å². The van der Waals surface area contributed by atoms with Crippen molar-refractivity contribution in [3.05, 3.63) is 95.2 Å². The number of benzene rings is 2. The van der Waals surface area contributed by atoms with E-state index in [1.165, 1.54) is 6.20 Å². The SMILES string of the molecule is C=CN=C(C=C)c1ccc(Cc2nc3ccccc3c(=O)[nH]2)cc1O. The molecule has 2 N–H and O–H groups in total. The number of phenolic OH excluding ortho intramolecular Hbond substituents is 1. The average Bonchev–Trinajstić information content (AvgIpc) is 2.60. The minimum Gasteiger partial charge on any atom is -0.507 e. The number of aromatic amines is 1. The fraction of sp³-hybridized carbons (Fsp3) is 0.0500. The highest BCUT2D eigenvalue weighted by atomic mass is 16.3. The standard InChI is InChI=1S/C20H17N3O2/c1-3-16(21-4-2)14-10-9-13(11-18(14)24)12-19-22-17-8-6-5-7-15(17)20(25)23-19/h3-11,24H,1-2,12H2,(H,22,23,25). The number of hydrogen-bond acceptors (Lipinski definition) is 4. The van der Waals surface area contributed by atoms with Gasteiger partial charge in [-0.25, -0.2) is 4.98 Å². The minimum atomic E-state index is -0.173. The van der Waals surface area contributed by atoms with Crippen molar-refractivity contribution >= 4 is 16.6 Å². The summed E-state index contributed by atoms with van der Waals surface area (Å²) in [5.74, 6) is 0.626. The zero-order valence-corrected chi connectivity index (χ0v) is 13.6. The number of para-hydroxylation sites is 1. The summed E-state index contributed by atoms with van der Waals surface area (Å²) in [6.45, 7) is 7.24. The van der Waals surface area contributed by atoms with E-state index >= 15 is 0 Å². The fourth-order valence-electron chi connectivity index (χ4n) is 2.65. The molecule has 0 unspecified atom stereocenters. The molecule has 0 saturated heterocycles. The van der Waals surface area contributed by atoms with Crippen LogP contribution in [-0.4, -0.2) is 20.8 Å². The van der Waals surface area contributed by atoms with E-state index in [9.17, 15) is 9.90 Å². The van der Waals surface area contributed by atoms with Crippen LogP contribution in [0.15, 0.2) is 77.7 Å². The summed E-state index contributed by atoms with van der Waals surface area (Å²) in [6.07, 6.45) is 3.35. The lowest BCUT2D eigenvalue weighted by atomic mass is 10.0. The molecule has 0 aliphatic carbocycles. The van der Waals surface area contributed by atoms with Crippen molar-refractivity contribution in [2.75, 3.05) is 0 Å². The van der Waals surface area contributed by atoms with Gasteiger partial charge in [-0.1, -0.05) is 31.4 Å². The monoisotopic (exact) mass is 331 g/mol. The number of aromatic hydroxyl groups is 1. The molecule has 0 fully saturated rings. The molecule has 5 heteroatoms. The quantitative estimate of drug-likeness (QED) is 0.704. The van der Waals surface area contributed by atoms with E-state index in [-0.39, 0.29) is 11.3 Å². The van der Waals surface area contributed by atoms with Crippen LogP contribution in [0.5, 0.6) is 5.75 Å². The number of rotatable bonds is 5. The Morgan fingerprint density at radius 2 is 2.04 bits per heavy atom. The number of nitrogens with zero attached hydrogens (tertiary/aromatic N) is 2. The Balaban J connectivity index is 1.95. The van der Waals surface area contributed by atoms with Crippen molar-refractivity contribution in [1.82, 2.24) is 9.97 Å². The van der Waals surface area contributed by atoms with Gasteiger partial charge in [0.2, 0.25) is 0 Å². The third kappa shape index (κ3) is 3.40. The van der Waals surface area contributed by atoms with Crippen molar-refractivity contribution in [2.45, 2.75) is 6.42 Å². The summed E-state index contributed by atoms with van der Waals surface area (Å²) < 4.78 is 0. The molecule has 0 bridgehead atoms. The predicted molar refractivity (Wildman–Crippen MR) is 100 cm³/mol. The first kappa shape index (κ1) is 16.4. The van der Waals surface area contributed by atoms with Crippen LogP contribution in [0.4, 0.5) is 0 Å². The molecule has 0 amide bonds. The summed E-state index contributed by atoms with van der Waals surface area (Å²) in [5.41, 5.74) is 2.40. The first-order chi connectivity index (χ1) is 12.1. The molecule has 5 nitrogen and oxygen atoms in total. The van der Waals surface area contributed by atoms with Crippen molar-refractivity contribution in [3.63, 3.8) is 0 Å². The number of hydrogen-bond donors (Lipinski definition) is 2. The van der Waals surface area contributed by atoms with Gasteiger partial charge >= 0.3 is 0 Å². The summed E-state index contributed by atoms with van der Waals surface area (Å²) in [7, 11) is 0. The maximum atomic E-state index is 12.1. The predicted octanol–water partition coefficient (Wildman–Crippen LogP) is 3.34. The van der Waals surface area contributed by atoms with E-state index < -0.39 is 0 Å². The Kier molecular flexibility index (Phi) is 4.57. The van der Waals surface area contributed by atoms with Crippen LogP contribution in [-0.2, 0) is 6.42 Å². The molecule has 0 saturated carbocycles. The number of H-pyrrole nitrogens is 1. The molecule has 0 radical (unpaired) electrons. The van der Waals surface area contributed by atoms with Gasteiger partial charge in [0.1, 0.15) is 11.6 Å². The second-order valence-corrected chi connectivity index (χ2v) is 5.46. The Morgan fingerprint density at radius 3 is 2.76 bits per heavy atom. The molecular weight excluding hydrogens is 314 g/mol. The smallest absolute Gasteiger partial charge is 0.258 e. The number of aliphatic imine (C=N–C) groups is 1. The molecule has 3 rings (SSSR count). The van der Waals surface area contributed by atoms with Crippen LogP contribution in [0.25, 0.3) is 10.9 Å². The van der Waals surface area contributed by atoms with Crippen molar-refractivity contribution in [2.24, 2.45) is 4.99 Å². The molecular formula is C20H17N3O2. The van der Waals surface area contributed by atoms with Gasteiger partial charge in [0.05, 0.1) is 16.6 Å². The topological polar surface area (TPSA) is 78.3 Å². The molecule has 25 heavy (non-hydrogen) atoms. The van der Waals surface area contributed by atoms with Crippen molar-refractivity contribution < 1.29 is 5.11 Å². The number of nitrogens with one attached hydrogen (secondary N) is 1. The molecule has 1 aromatic heterocycles. The molecule has 2 aromatic carbocycles. The van der Waals surface area contributed by atoms with Gasteiger partial charge in [0.25, 0.3) is 5.56 Å². The zero-order chi connectivity index (χ0) is 17.8. The molecule has 3 aromatic rings. The van der Waals surface area contributed by atoms with E-state index in [0.29, 0.717) is 34.4 Å². The third-order valence-electron chi connectivity index (χ3n) is 3.80.